The van der Waals surface area contributed by atoms with Crippen molar-refractivity contribution in [3.05, 3.63) is 29.8 Å². The van der Waals surface area contributed by atoms with E-state index in [0.29, 0.717) is 5.56 Å². The third-order valence-electron chi connectivity index (χ3n) is 4.10. The van der Waals surface area contributed by atoms with Crippen LogP contribution in [0.1, 0.15) is 50.6 Å². The molecule has 1 saturated carbocycles. The molecule has 106 valence electrons. The summed E-state index contributed by atoms with van der Waals surface area (Å²) in [5, 5.41) is 3.47. The van der Waals surface area contributed by atoms with Crippen LogP contribution in [-0.4, -0.2) is 24.2 Å². The molecule has 0 saturated heterocycles. The molecule has 1 N–H and O–H groups in total. The van der Waals surface area contributed by atoms with Gasteiger partial charge in [-0.15, -0.1) is 0 Å². The zero-order valence-electron chi connectivity index (χ0n) is 11.8. The number of ether oxygens (including phenoxy) is 1. The van der Waals surface area contributed by atoms with E-state index in [9.17, 15) is 4.39 Å². The monoisotopic (exact) mass is 266 g/mol. The summed E-state index contributed by atoms with van der Waals surface area (Å²) in [6.45, 7) is 2.97. The van der Waals surface area contributed by atoms with Crippen molar-refractivity contribution >= 4 is 0 Å². The Hall–Kier alpha value is -1.00. The lowest BCUT2D eigenvalue weighted by Crippen LogP contribution is -2.44. The number of nitrogens with one attached hydrogen (secondary N) is 1. The first kappa shape index (κ1) is 14.4. The summed E-state index contributed by atoms with van der Waals surface area (Å²) in [4.78, 5) is 3.84. The molecule has 1 fully saturated rings. The minimum Gasteiger partial charge on any atom is -0.376 e. The topological polar surface area (TPSA) is 34.2 Å². The second-order valence-corrected chi connectivity index (χ2v) is 5.26. The summed E-state index contributed by atoms with van der Waals surface area (Å²) in [6, 6.07) is 1.67. The van der Waals surface area contributed by atoms with Gasteiger partial charge in [0.2, 0.25) is 0 Å². The van der Waals surface area contributed by atoms with Crippen LogP contribution in [0, 0.1) is 5.82 Å². The summed E-state index contributed by atoms with van der Waals surface area (Å²) in [6.07, 6.45) is 8.20. The van der Waals surface area contributed by atoms with Gasteiger partial charge in [0.1, 0.15) is 5.82 Å². The number of aromatic nitrogens is 1. The summed E-state index contributed by atoms with van der Waals surface area (Å²) in [7, 11) is 1.74. The maximum Gasteiger partial charge on any atom is 0.146 e. The summed E-state index contributed by atoms with van der Waals surface area (Å²) in [5.74, 6) is -0.251. The van der Waals surface area contributed by atoms with Gasteiger partial charge >= 0.3 is 0 Å². The van der Waals surface area contributed by atoms with Crippen molar-refractivity contribution in [1.82, 2.24) is 10.3 Å². The van der Waals surface area contributed by atoms with Gasteiger partial charge in [-0.25, -0.2) is 4.39 Å². The number of nitrogens with zero attached hydrogens (tertiary/aromatic N) is 1. The smallest absolute Gasteiger partial charge is 0.146 e. The lowest BCUT2D eigenvalue weighted by Gasteiger charge is -2.37. The van der Waals surface area contributed by atoms with Crippen LogP contribution in [0.15, 0.2) is 18.5 Å². The van der Waals surface area contributed by atoms with Gasteiger partial charge in [0.05, 0.1) is 17.8 Å². The highest BCUT2D eigenvalue weighted by Crippen LogP contribution is 2.43. The molecule has 0 aromatic carbocycles. The summed E-state index contributed by atoms with van der Waals surface area (Å²) >= 11 is 0. The maximum atomic E-state index is 14.1. The Morgan fingerprint density at radius 3 is 2.79 bits per heavy atom. The first-order valence-electron chi connectivity index (χ1n) is 7.11. The lowest BCUT2D eigenvalue weighted by molar-refractivity contribution is -0.0376. The van der Waals surface area contributed by atoms with Crippen LogP contribution in [0.4, 0.5) is 4.39 Å². The maximum absolute atomic E-state index is 14.1. The van der Waals surface area contributed by atoms with Crippen molar-refractivity contribution in [1.29, 1.82) is 0 Å². The Kier molecular flexibility index (Phi) is 4.88. The van der Waals surface area contributed by atoms with Gasteiger partial charge in [0.25, 0.3) is 0 Å². The molecule has 0 aliphatic heterocycles. The standard InChI is InChI=1S/C15H23FN2O/c1-3-9-18-14(12-6-10-17-11-13(12)16)15(19-2)7-4-5-8-15/h6,10-11,14,18H,3-5,7-9H2,1-2H3. The van der Waals surface area contributed by atoms with E-state index >= 15 is 0 Å². The van der Waals surface area contributed by atoms with E-state index in [-0.39, 0.29) is 17.5 Å². The van der Waals surface area contributed by atoms with E-state index in [1.807, 2.05) is 0 Å². The summed E-state index contributed by atoms with van der Waals surface area (Å²) < 4.78 is 19.9. The number of halogens is 1. The highest BCUT2D eigenvalue weighted by atomic mass is 19.1. The molecular formula is C15H23FN2O. The van der Waals surface area contributed by atoms with Crippen molar-refractivity contribution in [3.8, 4) is 0 Å². The Morgan fingerprint density at radius 2 is 2.21 bits per heavy atom. The van der Waals surface area contributed by atoms with Crippen molar-refractivity contribution in [3.63, 3.8) is 0 Å². The van der Waals surface area contributed by atoms with Gasteiger partial charge < -0.3 is 10.1 Å². The van der Waals surface area contributed by atoms with Gasteiger partial charge in [-0.2, -0.15) is 0 Å². The molecular weight excluding hydrogens is 243 g/mol. The van der Waals surface area contributed by atoms with Crippen LogP contribution in [0.3, 0.4) is 0 Å². The third-order valence-corrected chi connectivity index (χ3v) is 4.10. The van der Waals surface area contributed by atoms with Gasteiger partial charge in [-0.05, 0) is 31.9 Å². The van der Waals surface area contributed by atoms with E-state index in [1.165, 1.54) is 6.20 Å². The molecule has 1 heterocycles. The zero-order chi connectivity index (χ0) is 13.7. The average Bonchev–Trinajstić information content (AvgIpc) is 2.91. The first-order chi connectivity index (χ1) is 9.23. The fourth-order valence-corrected chi connectivity index (χ4v) is 3.07. The van der Waals surface area contributed by atoms with Crippen molar-refractivity contribution < 1.29 is 9.13 Å². The average molecular weight is 266 g/mol. The highest BCUT2D eigenvalue weighted by Gasteiger charge is 2.43. The second kappa shape index (κ2) is 6.44. The fraction of sp³-hybridized carbons (Fsp3) is 0.667. The molecule has 0 amide bonds. The van der Waals surface area contributed by atoms with Gasteiger partial charge in [0, 0.05) is 18.9 Å². The Morgan fingerprint density at radius 1 is 1.47 bits per heavy atom. The highest BCUT2D eigenvalue weighted by molar-refractivity contribution is 5.22. The largest absolute Gasteiger partial charge is 0.376 e. The number of pyridine rings is 1. The number of hydrogen-bond donors (Lipinski definition) is 1. The fourth-order valence-electron chi connectivity index (χ4n) is 3.07. The van der Waals surface area contributed by atoms with Crippen LogP contribution < -0.4 is 5.32 Å². The van der Waals surface area contributed by atoms with Gasteiger partial charge in [0.15, 0.2) is 0 Å². The van der Waals surface area contributed by atoms with E-state index in [4.69, 9.17) is 4.74 Å². The number of rotatable bonds is 6. The summed E-state index contributed by atoms with van der Waals surface area (Å²) in [5.41, 5.74) is 0.393. The zero-order valence-corrected chi connectivity index (χ0v) is 11.8. The predicted molar refractivity (Wildman–Crippen MR) is 73.4 cm³/mol. The Labute approximate surface area is 114 Å². The number of methoxy groups -OCH3 is 1. The Bertz CT molecular complexity index is 405. The third kappa shape index (κ3) is 2.95. The molecule has 0 bridgehead atoms. The molecule has 1 aromatic heterocycles. The first-order valence-corrected chi connectivity index (χ1v) is 7.11. The van der Waals surface area contributed by atoms with Crippen LogP contribution in [0.25, 0.3) is 0 Å². The van der Waals surface area contributed by atoms with Crippen molar-refractivity contribution in [2.24, 2.45) is 0 Å². The molecule has 1 aliphatic carbocycles. The van der Waals surface area contributed by atoms with Crippen molar-refractivity contribution in [2.75, 3.05) is 13.7 Å². The van der Waals surface area contributed by atoms with E-state index in [0.717, 1.165) is 38.6 Å². The lowest BCUT2D eigenvalue weighted by atomic mass is 9.86. The number of hydrogen-bond acceptors (Lipinski definition) is 3. The predicted octanol–water partition coefficient (Wildman–Crippen LogP) is 3.22. The van der Waals surface area contributed by atoms with Crippen LogP contribution >= 0.6 is 0 Å². The van der Waals surface area contributed by atoms with E-state index in [1.54, 1.807) is 19.4 Å². The minimum atomic E-state index is -0.280. The SMILES string of the molecule is CCCNC(c1ccncc1F)C1(OC)CCCC1. The van der Waals surface area contributed by atoms with Crippen LogP contribution in [0.2, 0.25) is 0 Å². The second-order valence-electron chi connectivity index (χ2n) is 5.26. The molecule has 1 atom stereocenters. The molecule has 19 heavy (non-hydrogen) atoms. The van der Waals surface area contributed by atoms with Gasteiger partial charge in [-0.1, -0.05) is 19.8 Å². The normalized spacial score (nSPS) is 19.5. The minimum absolute atomic E-state index is 0.0945. The quantitative estimate of drug-likeness (QED) is 0.858. The molecule has 3 nitrogen and oxygen atoms in total. The molecule has 0 spiro atoms. The molecule has 2 rings (SSSR count). The van der Waals surface area contributed by atoms with Gasteiger partial charge in [-0.3, -0.25) is 4.98 Å². The molecule has 1 unspecified atom stereocenters. The molecule has 1 aromatic rings. The molecule has 4 heteroatoms. The van der Waals surface area contributed by atoms with Crippen LogP contribution in [0.5, 0.6) is 0 Å². The van der Waals surface area contributed by atoms with E-state index < -0.39 is 0 Å². The van der Waals surface area contributed by atoms with E-state index in [2.05, 4.69) is 17.2 Å². The molecule has 1 aliphatic rings. The van der Waals surface area contributed by atoms with Crippen molar-refractivity contribution in [2.45, 2.75) is 50.7 Å². The molecule has 0 radical (unpaired) electrons. The Balaban J connectivity index is 2.32. The van der Waals surface area contributed by atoms with Crippen LogP contribution in [-0.2, 0) is 4.74 Å².